The molecule has 1 heterocycles. The van der Waals surface area contributed by atoms with E-state index in [9.17, 15) is 0 Å². The summed E-state index contributed by atoms with van der Waals surface area (Å²) in [6.45, 7) is 5.88. The molecule has 1 aromatic heterocycles. The first-order valence-electron chi connectivity index (χ1n) is 6.83. The average molecular weight is 291 g/mol. The number of aromatic nitrogens is 1. The predicted molar refractivity (Wildman–Crippen MR) is 82.5 cm³/mol. The van der Waals surface area contributed by atoms with E-state index < -0.39 is 0 Å². The smallest absolute Gasteiger partial charge is 0.146 e. The highest BCUT2D eigenvalue weighted by Gasteiger charge is 2.03. The van der Waals surface area contributed by atoms with Crippen LogP contribution in [-0.4, -0.2) is 11.5 Å². The number of halogens is 1. The molecule has 0 saturated carbocycles. The quantitative estimate of drug-likeness (QED) is 0.866. The molecule has 0 fully saturated rings. The number of rotatable bonds is 6. The highest BCUT2D eigenvalue weighted by atomic mass is 35.5. The number of pyridine rings is 1. The Labute approximate surface area is 124 Å². The van der Waals surface area contributed by atoms with Crippen molar-refractivity contribution in [3.8, 4) is 11.5 Å². The van der Waals surface area contributed by atoms with Crippen molar-refractivity contribution in [2.45, 2.75) is 26.8 Å². The molecule has 0 saturated heterocycles. The third-order valence-electron chi connectivity index (χ3n) is 2.98. The van der Waals surface area contributed by atoms with Crippen LogP contribution < -0.4 is 10.1 Å². The zero-order chi connectivity index (χ0) is 14.4. The number of hydrogen-bond acceptors (Lipinski definition) is 3. The molecule has 0 aliphatic rings. The molecule has 0 spiro atoms. The molecule has 1 N–H and O–H groups in total. The summed E-state index contributed by atoms with van der Waals surface area (Å²) in [5, 5.41) is 4.05. The van der Waals surface area contributed by atoms with Crippen molar-refractivity contribution in [3.63, 3.8) is 0 Å². The number of nitrogens with zero attached hydrogens (tertiary/aromatic N) is 1. The van der Waals surface area contributed by atoms with Crippen LogP contribution in [0.3, 0.4) is 0 Å². The van der Waals surface area contributed by atoms with E-state index in [0.29, 0.717) is 0 Å². The predicted octanol–water partition coefficient (Wildman–Crippen LogP) is 4.20. The lowest BCUT2D eigenvalue weighted by Gasteiger charge is -2.09. The Morgan fingerprint density at radius 3 is 2.75 bits per heavy atom. The Kier molecular flexibility index (Phi) is 5.39. The Bertz CT molecular complexity index is 572. The van der Waals surface area contributed by atoms with Crippen molar-refractivity contribution >= 4 is 11.6 Å². The molecule has 0 bridgehead atoms. The minimum atomic E-state index is 0.741. The van der Waals surface area contributed by atoms with Crippen molar-refractivity contribution in [2.24, 2.45) is 0 Å². The largest absolute Gasteiger partial charge is 0.456 e. The Balaban J connectivity index is 2.13. The molecule has 4 heteroatoms. The summed E-state index contributed by atoms with van der Waals surface area (Å²) in [6.07, 6.45) is 4.44. The summed E-state index contributed by atoms with van der Waals surface area (Å²) in [4.78, 5) is 4.20. The van der Waals surface area contributed by atoms with Gasteiger partial charge in [-0.3, -0.25) is 4.98 Å². The van der Waals surface area contributed by atoms with Gasteiger partial charge in [0, 0.05) is 17.8 Å². The van der Waals surface area contributed by atoms with Gasteiger partial charge in [-0.25, -0.2) is 0 Å². The van der Waals surface area contributed by atoms with Gasteiger partial charge in [-0.15, -0.1) is 0 Å². The van der Waals surface area contributed by atoms with Crippen molar-refractivity contribution in [1.82, 2.24) is 10.3 Å². The zero-order valence-electron chi connectivity index (χ0n) is 11.8. The Morgan fingerprint density at radius 2 is 2.00 bits per heavy atom. The summed E-state index contributed by atoms with van der Waals surface area (Å²) < 4.78 is 5.85. The molecule has 2 rings (SSSR count). The molecule has 0 radical (unpaired) electrons. The molecule has 2 aromatic rings. The average Bonchev–Trinajstić information content (AvgIpc) is 2.47. The summed E-state index contributed by atoms with van der Waals surface area (Å²) in [6, 6.07) is 7.71. The summed E-state index contributed by atoms with van der Waals surface area (Å²) in [7, 11) is 0. The number of hydrogen-bond donors (Lipinski definition) is 1. The molecule has 1 aromatic carbocycles. The fourth-order valence-corrected chi connectivity index (χ4v) is 2.16. The van der Waals surface area contributed by atoms with Crippen LogP contribution in [0, 0.1) is 0 Å². The Morgan fingerprint density at radius 1 is 1.15 bits per heavy atom. The summed E-state index contributed by atoms with van der Waals surface area (Å²) in [5.41, 5.74) is 2.19. The maximum atomic E-state index is 6.11. The van der Waals surface area contributed by atoms with Crippen molar-refractivity contribution < 1.29 is 4.74 Å². The maximum Gasteiger partial charge on any atom is 0.146 e. The lowest BCUT2D eigenvalue weighted by Crippen LogP contribution is -2.11. The van der Waals surface area contributed by atoms with E-state index in [1.807, 2.05) is 30.5 Å². The number of ether oxygens (including phenoxy) is 1. The van der Waals surface area contributed by atoms with Crippen LogP contribution in [0.5, 0.6) is 11.5 Å². The molecule has 0 unspecified atom stereocenters. The van der Waals surface area contributed by atoms with Gasteiger partial charge in [0.25, 0.3) is 0 Å². The number of aryl methyl sites for hydroxylation is 1. The van der Waals surface area contributed by atoms with Gasteiger partial charge in [-0.05, 0) is 48.4 Å². The second kappa shape index (κ2) is 7.27. The fraction of sp³-hybridized carbons (Fsp3) is 0.312. The van der Waals surface area contributed by atoms with Gasteiger partial charge in [-0.2, -0.15) is 0 Å². The molecule has 0 aliphatic heterocycles. The van der Waals surface area contributed by atoms with E-state index in [1.54, 1.807) is 6.20 Å². The summed E-state index contributed by atoms with van der Waals surface area (Å²) in [5.74, 6) is 1.53. The minimum Gasteiger partial charge on any atom is -0.456 e. The molecular weight excluding hydrogens is 272 g/mol. The van der Waals surface area contributed by atoms with Gasteiger partial charge in [0.2, 0.25) is 0 Å². The molecular formula is C16H19ClN2O. The van der Waals surface area contributed by atoms with E-state index >= 15 is 0 Å². The van der Waals surface area contributed by atoms with Gasteiger partial charge >= 0.3 is 0 Å². The monoisotopic (exact) mass is 290 g/mol. The lowest BCUT2D eigenvalue weighted by molar-refractivity contribution is 0.478. The molecule has 106 valence electrons. The normalized spacial score (nSPS) is 10.6. The molecule has 3 nitrogen and oxygen atoms in total. The topological polar surface area (TPSA) is 34.2 Å². The highest BCUT2D eigenvalue weighted by molar-refractivity contribution is 6.31. The third-order valence-corrected chi connectivity index (χ3v) is 3.35. The van der Waals surface area contributed by atoms with E-state index in [2.05, 4.69) is 24.1 Å². The van der Waals surface area contributed by atoms with Gasteiger partial charge in [0.15, 0.2) is 0 Å². The van der Waals surface area contributed by atoms with E-state index in [4.69, 9.17) is 16.3 Å². The first-order valence-corrected chi connectivity index (χ1v) is 7.21. The third kappa shape index (κ3) is 3.95. The van der Waals surface area contributed by atoms with Crippen LogP contribution in [0.1, 0.15) is 25.0 Å². The zero-order valence-corrected chi connectivity index (χ0v) is 12.6. The maximum absolute atomic E-state index is 6.11. The van der Waals surface area contributed by atoms with Crippen LogP contribution in [0.25, 0.3) is 0 Å². The van der Waals surface area contributed by atoms with Crippen LogP contribution in [-0.2, 0) is 13.0 Å². The van der Waals surface area contributed by atoms with Crippen molar-refractivity contribution in [2.75, 3.05) is 6.54 Å². The van der Waals surface area contributed by atoms with Gasteiger partial charge in [0.1, 0.15) is 11.5 Å². The first kappa shape index (κ1) is 14.8. The van der Waals surface area contributed by atoms with E-state index in [0.717, 1.165) is 47.2 Å². The van der Waals surface area contributed by atoms with Gasteiger partial charge in [0.05, 0.1) is 6.20 Å². The van der Waals surface area contributed by atoms with Crippen LogP contribution in [0.4, 0.5) is 0 Å². The second-order valence-corrected chi connectivity index (χ2v) is 4.93. The SMILES string of the molecule is CCNCc1cncc(Oc2ccc(Cl)c(CC)c2)c1. The standard InChI is InChI=1S/C16H19ClN2O/c1-3-13-8-14(5-6-16(13)17)20-15-7-12(9-18-4-2)10-19-11-15/h5-8,10-11,18H,3-4,9H2,1-2H3. The first-order chi connectivity index (χ1) is 9.72. The molecule has 0 amide bonds. The van der Waals surface area contributed by atoms with Crippen LogP contribution in [0.2, 0.25) is 5.02 Å². The molecule has 0 aliphatic carbocycles. The van der Waals surface area contributed by atoms with Gasteiger partial charge in [-0.1, -0.05) is 25.4 Å². The summed E-state index contributed by atoms with van der Waals surface area (Å²) >= 11 is 6.11. The van der Waals surface area contributed by atoms with Crippen LogP contribution in [0.15, 0.2) is 36.7 Å². The Hall–Kier alpha value is -1.58. The number of nitrogens with one attached hydrogen (secondary N) is 1. The van der Waals surface area contributed by atoms with Crippen molar-refractivity contribution in [1.29, 1.82) is 0 Å². The molecule has 0 atom stereocenters. The fourth-order valence-electron chi connectivity index (χ4n) is 1.91. The number of benzene rings is 1. The van der Waals surface area contributed by atoms with Crippen LogP contribution >= 0.6 is 11.6 Å². The van der Waals surface area contributed by atoms with Gasteiger partial charge < -0.3 is 10.1 Å². The molecule has 20 heavy (non-hydrogen) atoms. The van der Waals surface area contributed by atoms with E-state index in [-0.39, 0.29) is 0 Å². The second-order valence-electron chi connectivity index (χ2n) is 4.52. The van der Waals surface area contributed by atoms with E-state index in [1.165, 1.54) is 0 Å². The van der Waals surface area contributed by atoms with Crippen molar-refractivity contribution in [3.05, 3.63) is 52.8 Å². The highest BCUT2D eigenvalue weighted by Crippen LogP contribution is 2.26. The minimum absolute atomic E-state index is 0.741. The lowest BCUT2D eigenvalue weighted by atomic mass is 10.1.